The van der Waals surface area contributed by atoms with Crippen LogP contribution in [0, 0.1) is 0 Å². The van der Waals surface area contributed by atoms with Gasteiger partial charge in [-0.25, -0.2) is 4.98 Å². The highest BCUT2D eigenvalue weighted by atomic mass is 32.2. The quantitative estimate of drug-likeness (QED) is 0.628. The first-order valence-corrected chi connectivity index (χ1v) is 10.7. The van der Waals surface area contributed by atoms with Crippen LogP contribution in [0.1, 0.15) is 47.6 Å². The smallest absolute Gasteiger partial charge is 0.251 e. The van der Waals surface area contributed by atoms with E-state index in [1.54, 1.807) is 18.0 Å². The van der Waals surface area contributed by atoms with Crippen LogP contribution in [0.2, 0.25) is 0 Å². The molecule has 1 aliphatic carbocycles. The number of aromatic nitrogens is 3. The second-order valence-corrected chi connectivity index (χ2v) is 8.11. The van der Waals surface area contributed by atoms with Gasteiger partial charge in [-0.2, -0.15) is 5.10 Å². The second kappa shape index (κ2) is 9.06. The fourth-order valence-electron chi connectivity index (χ4n) is 3.59. The van der Waals surface area contributed by atoms with Crippen LogP contribution in [0.4, 0.5) is 0 Å². The van der Waals surface area contributed by atoms with Crippen LogP contribution in [-0.2, 0) is 5.75 Å². The van der Waals surface area contributed by atoms with Crippen molar-refractivity contribution in [3.63, 3.8) is 0 Å². The molecule has 0 bridgehead atoms. The molecule has 1 aliphatic rings. The number of amides is 1. The van der Waals surface area contributed by atoms with E-state index in [-0.39, 0.29) is 11.9 Å². The Labute approximate surface area is 169 Å². The summed E-state index contributed by atoms with van der Waals surface area (Å²) in [6.45, 7) is 0. The van der Waals surface area contributed by atoms with Gasteiger partial charge in [0.1, 0.15) is 0 Å². The number of pyridine rings is 1. The number of benzene rings is 1. The summed E-state index contributed by atoms with van der Waals surface area (Å²) in [6, 6.07) is 16.5. The Kier molecular flexibility index (Phi) is 6.07. The van der Waals surface area contributed by atoms with Crippen molar-refractivity contribution in [1.82, 2.24) is 20.1 Å². The molecule has 0 aliphatic heterocycles. The maximum atomic E-state index is 12.6. The lowest BCUT2D eigenvalue weighted by Gasteiger charge is -2.29. The van der Waals surface area contributed by atoms with Crippen LogP contribution in [0.3, 0.4) is 0 Å². The van der Waals surface area contributed by atoms with Crippen molar-refractivity contribution in [2.75, 3.05) is 0 Å². The molecule has 4 rings (SSSR count). The van der Waals surface area contributed by atoms with Gasteiger partial charge >= 0.3 is 0 Å². The Hall–Kier alpha value is -2.60. The normalized spacial score (nSPS) is 19.3. The van der Waals surface area contributed by atoms with Crippen LogP contribution < -0.4 is 5.32 Å². The van der Waals surface area contributed by atoms with Gasteiger partial charge in [-0.15, -0.1) is 11.8 Å². The highest BCUT2D eigenvalue weighted by molar-refractivity contribution is 7.98. The maximum absolute atomic E-state index is 12.6. The van der Waals surface area contributed by atoms with Gasteiger partial charge in [0.25, 0.3) is 5.91 Å². The van der Waals surface area contributed by atoms with Gasteiger partial charge < -0.3 is 5.32 Å². The Morgan fingerprint density at radius 1 is 1.04 bits per heavy atom. The lowest BCUT2D eigenvalue weighted by atomic mass is 9.91. The third kappa shape index (κ3) is 4.81. The van der Waals surface area contributed by atoms with Gasteiger partial charge in [-0.05, 0) is 61.6 Å². The molecule has 2 aromatic heterocycles. The summed E-state index contributed by atoms with van der Waals surface area (Å²) in [5.41, 5.74) is 1.91. The van der Waals surface area contributed by atoms with E-state index in [1.165, 1.54) is 5.56 Å². The number of thioether (sulfide) groups is 1. The van der Waals surface area contributed by atoms with Crippen molar-refractivity contribution < 1.29 is 4.79 Å². The van der Waals surface area contributed by atoms with Crippen LogP contribution in [0.15, 0.2) is 72.1 Å². The Balaban J connectivity index is 1.26. The van der Waals surface area contributed by atoms with Gasteiger partial charge in [-0.1, -0.05) is 18.2 Å². The molecule has 0 radical (unpaired) electrons. The topological polar surface area (TPSA) is 59.8 Å². The van der Waals surface area contributed by atoms with Gasteiger partial charge in [-0.3, -0.25) is 9.48 Å². The molecule has 1 amide bonds. The lowest BCUT2D eigenvalue weighted by Crippen LogP contribution is -2.38. The van der Waals surface area contributed by atoms with E-state index in [0.29, 0.717) is 6.04 Å². The SMILES string of the molecule is O=C(NC1CCC(n2cccn2)CC1)c1ccc(CSc2ccccn2)cc1. The number of hydrogen-bond donors (Lipinski definition) is 1. The van der Waals surface area contributed by atoms with E-state index in [0.717, 1.165) is 42.0 Å². The number of hydrogen-bond acceptors (Lipinski definition) is 4. The summed E-state index contributed by atoms with van der Waals surface area (Å²) in [6.07, 6.45) is 9.75. The predicted octanol–water partition coefficient (Wildman–Crippen LogP) is 4.48. The summed E-state index contributed by atoms with van der Waals surface area (Å²) in [7, 11) is 0. The average Bonchev–Trinajstić information content (AvgIpc) is 3.29. The number of rotatable bonds is 6. The predicted molar refractivity (Wildman–Crippen MR) is 111 cm³/mol. The molecule has 0 unspecified atom stereocenters. The van der Waals surface area contributed by atoms with Gasteiger partial charge in [0, 0.05) is 35.9 Å². The van der Waals surface area contributed by atoms with Crippen molar-refractivity contribution in [1.29, 1.82) is 0 Å². The molecule has 6 heteroatoms. The highest BCUT2D eigenvalue weighted by Gasteiger charge is 2.23. The molecule has 0 saturated heterocycles. The number of carbonyl (C=O) groups excluding carboxylic acids is 1. The molecule has 1 aromatic carbocycles. The van der Waals surface area contributed by atoms with Gasteiger partial charge in [0.05, 0.1) is 11.1 Å². The third-order valence-electron chi connectivity index (χ3n) is 5.17. The summed E-state index contributed by atoms with van der Waals surface area (Å²) >= 11 is 1.70. The first-order chi connectivity index (χ1) is 13.8. The molecule has 0 spiro atoms. The van der Waals surface area contributed by atoms with E-state index in [1.807, 2.05) is 65.6 Å². The number of nitrogens with one attached hydrogen (secondary N) is 1. The molecule has 2 heterocycles. The number of carbonyl (C=O) groups is 1. The first-order valence-electron chi connectivity index (χ1n) is 9.71. The summed E-state index contributed by atoms with van der Waals surface area (Å²) in [5, 5.41) is 8.54. The monoisotopic (exact) mass is 392 g/mol. The molecular formula is C22H24N4OS. The fourth-order valence-corrected chi connectivity index (χ4v) is 4.41. The second-order valence-electron chi connectivity index (χ2n) is 7.12. The standard InChI is InChI=1S/C22H24N4OS/c27-22(25-19-9-11-20(12-10-19)26-15-3-14-24-26)18-7-5-17(6-8-18)16-28-21-4-1-2-13-23-21/h1-8,13-15,19-20H,9-12,16H2,(H,25,27). The molecule has 1 saturated carbocycles. The largest absolute Gasteiger partial charge is 0.349 e. The first kappa shape index (κ1) is 18.7. The van der Waals surface area contributed by atoms with Crippen LogP contribution in [0.5, 0.6) is 0 Å². The molecule has 1 fully saturated rings. The average molecular weight is 393 g/mol. The number of nitrogens with zero attached hydrogens (tertiary/aromatic N) is 3. The maximum Gasteiger partial charge on any atom is 0.251 e. The highest BCUT2D eigenvalue weighted by Crippen LogP contribution is 2.28. The summed E-state index contributed by atoms with van der Waals surface area (Å²) in [4.78, 5) is 16.9. The molecule has 3 aromatic rings. The molecular weight excluding hydrogens is 368 g/mol. The minimum Gasteiger partial charge on any atom is -0.349 e. The van der Waals surface area contributed by atoms with Crippen LogP contribution in [-0.4, -0.2) is 26.7 Å². The molecule has 5 nitrogen and oxygen atoms in total. The van der Waals surface area contributed by atoms with E-state index in [4.69, 9.17) is 0 Å². The molecule has 144 valence electrons. The Bertz CT molecular complexity index is 873. The van der Waals surface area contributed by atoms with Crippen molar-refractivity contribution in [3.8, 4) is 0 Å². The molecule has 28 heavy (non-hydrogen) atoms. The minimum absolute atomic E-state index is 0.0199. The van der Waals surface area contributed by atoms with Crippen LogP contribution in [0.25, 0.3) is 0 Å². The van der Waals surface area contributed by atoms with E-state index in [2.05, 4.69) is 15.4 Å². The van der Waals surface area contributed by atoms with Crippen molar-refractivity contribution in [2.24, 2.45) is 0 Å². The van der Waals surface area contributed by atoms with Crippen molar-refractivity contribution >= 4 is 17.7 Å². The Morgan fingerprint density at radius 2 is 1.86 bits per heavy atom. The summed E-state index contributed by atoms with van der Waals surface area (Å²) in [5.74, 6) is 0.863. The molecule has 1 N–H and O–H groups in total. The van der Waals surface area contributed by atoms with E-state index >= 15 is 0 Å². The van der Waals surface area contributed by atoms with Gasteiger partial charge in [0.2, 0.25) is 0 Å². The lowest BCUT2D eigenvalue weighted by molar-refractivity contribution is 0.0921. The zero-order valence-corrected chi connectivity index (χ0v) is 16.5. The van der Waals surface area contributed by atoms with Gasteiger partial charge in [0.15, 0.2) is 0 Å². The Morgan fingerprint density at radius 3 is 2.54 bits per heavy atom. The third-order valence-corrected chi connectivity index (χ3v) is 6.19. The van der Waals surface area contributed by atoms with E-state index < -0.39 is 0 Å². The zero-order valence-electron chi connectivity index (χ0n) is 15.7. The van der Waals surface area contributed by atoms with Crippen LogP contribution >= 0.6 is 11.8 Å². The van der Waals surface area contributed by atoms with Crippen molar-refractivity contribution in [2.45, 2.75) is 48.5 Å². The van der Waals surface area contributed by atoms with Crippen molar-refractivity contribution in [3.05, 3.63) is 78.2 Å². The minimum atomic E-state index is 0.0199. The summed E-state index contributed by atoms with van der Waals surface area (Å²) < 4.78 is 2.04. The molecule has 0 atom stereocenters. The zero-order chi connectivity index (χ0) is 19.2. The fraction of sp³-hybridized carbons (Fsp3) is 0.318. The van der Waals surface area contributed by atoms with E-state index in [9.17, 15) is 4.79 Å².